The molecule has 0 unspecified atom stereocenters. The SMILES string of the molecule is CCc1ccccc1-c1ccc(S(=O)(=O)Cl)cc1. The summed E-state index contributed by atoms with van der Waals surface area (Å²) in [4.78, 5) is 0.127. The quantitative estimate of drug-likeness (QED) is 0.801. The molecule has 2 nitrogen and oxygen atoms in total. The highest BCUT2D eigenvalue weighted by atomic mass is 35.7. The van der Waals surface area contributed by atoms with Crippen LogP contribution < -0.4 is 0 Å². The molecule has 0 atom stereocenters. The van der Waals surface area contributed by atoms with Crippen LogP contribution in [0.5, 0.6) is 0 Å². The summed E-state index contributed by atoms with van der Waals surface area (Å²) in [6, 6.07) is 14.7. The Labute approximate surface area is 112 Å². The van der Waals surface area contributed by atoms with E-state index in [-0.39, 0.29) is 4.90 Å². The Hall–Kier alpha value is -1.32. The van der Waals surface area contributed by atoms with Gasteiger partial charge in [0.2, 0.25) is 0 Å². The molecule has 0 aromatic heterocycles. The number of rotatable bonds is 3. The van der Waals surface area contributed by atoms with Crippen LogP contribution in [0.3, 0.4) is 0 Å². The highest BCUT2D eigenvalue weighted by molar-refractivity contribution is 8.13. The Balaban J connectivity index is 2.47. The van der Waals surface area contributed by atoms with Crippen LogP contribution in [-0.2, 0) is 15.5 Å². The fraction of sp³-hybridized carbons (Fsp3) is 0.143. The molecule has 94 valence electrons. The highest BCUT2D eigenvalue weighted by Crippen LogP contribution is 2.26. The first-order chi connectivity index (χ1) is 8.52. The Bertz CT molecular complexity index is 646. The number of hydrogen-bond donors (Lipinski definition) is 0. The fourth-order valence-corrected chi connectivity index (χ4v) is 2.68. The van der Waals surface area contributed by atoms with Crippen LogP contribution in [0.15, 0.2) is 53.4 Å². The van der Waals surface area contributed by atoms with E-state index in [1.54, 1.807) is 12.1 Å². The van der Waals surface area contributed by atoms with E-state index in [1.807, 2.05) is 18.2 Å². The molecule has 18 heavy (non-hydrogen) atoms. The molecule has 2 aromatic rings. The molecule has 0 spiro atoms. The zero-order chi connectivity index (χ0) is 13.2. The first-order valence-corrected chi connectivity index (χ1v) is 7.96. The van der Waals surface area contributed by atoms with E-state index in [1.165, 1.54) is 17.7 Å². The monoisotopic (exact) mass is 280 g/mol. The average Bonchev–Trinajstić information content (AvgIpc) is 2.38. The van der Waals surface area contributed by atoms with Gasteiger partial charge in [-0.1, -0.05) is 43.3 Å². The minimum Gasteiger partial charge on any atom is -0.207 e. The molecule has 2 rings (SSSR count). The molecule has 0 saturated carbocycles. The van der Waals surface area contributed by atoms with Crippen molar-refractivity contribution in [2.45, 2.75) is 18.2 Å². The summed E-state index contributed by atoms with van der Waals surface area (Å²) in [5.41, 5.74) is 3.36. The van der Waals surface area contributed by atoms with Gasteiger partial charge in [-0.15, -0.1) is 0 Å². The van der Waals surface area contributed by atoms with Crippen LogP contribution in [0.4, 0.5) is 0 Å². The van der Waals surface area contributed by atoms with E-state index >= 15 is 0 Å². The van der Waals surface area contributed by atoms with Gasteiger partial charge in [-0.05, 0) is 35.2 Å². The summed E-state index contributed by atoms with van der Waals surface area (Å²) in [7, 11) is 1.64. The molecule has 0 amide bonds. The lowest BCUT2D eigenvalue weighted by Crippen LogP contribution is -1.91. The van der Waals surface area contributed by atoms with Gasteiger partial charge in [0.05, 0.1) is 4.90 Å². The van der Waals surface area contributed by atoms with Crippen LogP contribution in [0.1, 0.15) is 12.5 Å². The first-order valence-electron chi connectivity index (χ1n) is 5.65. The minimum absolute atomic E-state index is 0.127. The van der Waals surface area contributed by atoms with Crippen molar-refractivity contribution in [1.82, 2.24) is 0 Å². The average molecular weight is 281 g/mol. The lowest BCUT2D eigenvalue weighted by Gasteiger charge is -2.08. The van der Waals surface area contributed by atoms with E-state index < -0.39 is 9.05 Å². The summed E-state index contributed by atoms with van der Waals surface area (Å²) >= 11 is 0. The molecule has 0 aliphatic heterocycles. The smallest absolute Gasteiger partial charge is 0.207 e. The summed E-state index contributed by atoms with van der Waals surface area (Å²) < 4.78 is 22.3. The van der Waals surface area contributed by atoms with Crippen LogP contribution in [0.2, 0.25) is 0 Å². The molecule has 0 aliphatic rings. The summed E-state index contributed by atoms with van der Waals surface area (Å²) in [5, 5.41) is 0. The zero-order valence-corrected chi connectivity index (χ0v) is 11.5. The Kier molecular flexibility index (Phi) is 3.73. The topological polar surface area (TPSA) is 34.1 Å². The van der Waals surface area contributed by atoms with E-state index in [0.29, 0.717) is 0 Å². The van der Waals surface area contributed by atoms with E-state index in [0.717, 1.165) is 17.5 Å². The van der Waals surface area contributed by atoms with Crippen molar-refractivity contribution >= 4 is 19.7 Å². The molecule has 2 aromatic carbocycles. The molecular weight excluding hydrogens is 268 g/mol. The molecular formula is C14H13ClO2S. The zero-order valence-electron chi connectivity index (χ0n) is 9.93. The van der Waals surface area contributed by atoms with Gasteiger partial charge >= 0.3 is 0 Å². The molecule has 0 heterocycles. The van der Waals surface area contributed by atoms with Gasteiger partial charge in [-0.2, -0.15) is 0 Å². The van der Waals surface area contributed by atoms with Gasteiger partial charge in [-0.25, -0.2) is 8.42 Å². The number of hydrogen-bond acceptors (Lipinski definition) is 2. The molecule has 4 heteroatoms. The molecule has 0 fully saturated rings. The van der Waals surface area contributed by atoms with Crippen molar-refractivity contribution in [3.05, 3.63) is 54.1 Å². The Morgan fingerprint density at radius 1 is 1.00 bits per heavy atom. The van der Waals surface area contributed by atoms with Crippen LogP contribution in [-0.4, -0.2) is 8.42 Å². The largest absolute Gasteiger partial charge is 0.261 e. The maximum absolute atomic E-state index is 11.2. The lowest BCUT2D eigenvalue weighted by atomic mass is 9.98. The third-order valence-corrected chi connectivity index (χ3v) is 4.21. The van der Waals surface area contributed by atoms with Gasteiger partial charge in [0.1, 0.15) is 0 Å². The van der Waals surface area contributed by atoms with Gasteiger partial charge < -0.3 is 0 Å². The Morgan fingerprint density at radius 3 is 2.17 bits per heavy atom. The molecule has 0 bridgehead atoms. The van der Waals surface area contributed by atoms with Crippen molar-refractivity contribution in [2.75, 3.05) is 0 Å². The summed E-state index contributed by atoms with van der Waals surface area (Å²) in [6.45, 7) is 2.09. The van der Waals surface area contributed by atoms with Gasteiger partial charge in [-0.3, -0.25) is 0 Å². The maximum atomic E-state index is 11.2. The lowest BCUT2D eigenvalue weighted by molar-refractivity contribution is 0.609. The fourth-order valence-electron chi connectivity index (χ4n) is 1.91. The number of benzene rings is 2. The van der Waals surface area contributed by atoms with Crippen LogP contribution >= 0.6 is 10.7 Å². The second-order valence-corrected chi connectivity index (χ2v) is 6.54. The molecule has 0 saturated heterocycles. The van der Waals surface area contributed by atoms with Gasteiger partial charge in [0.15, 0.2) is 0 Å². The molecule has 0 radical (unpaired) electrons. The standard InChI is InChI=1S/C14H13ClO2S/c1-2-11-5-3-4-6-14(11)12-7-9-13(10-8-12)18(15,16)17/h3-10H,2H2,1H3. The second-order valence-electron chi connectivity index (χ2n) is 3.97. The predicted octanol–water partition coefficient (Wildman–Crippen LogP) is 3.84. The maximum Gasteiger partial charge on any atom is 0.261 e. The Morgan fingerprint density at radius 2 is 1.61 bits per heavy atom. The van der Waals surface area contributed by atoms with Crippen molar-refractivity contribution in [3.63, 3.8) is 0 Å². The first kappa shape index (κ1) is 13.1. The highest BCUT2D eigenvalue weighted by Gasteiger charge is 2.10. The van der Waals surface area contributed by atoms with E-state index in [2.05, 4.69) is 13.0 Å². The second kappa shape index (κ2) is 5.12. The van der Waals surface area contributed by atoms with E-state index in [4.69, 9.17) is 10.7 Å². The normalized spacial score (nSPS) is 11.4. The third-order valence-electron chi connectivity index (χ3n) is 2.85. The van der Waals surface area contributed by atoms with Crippen molar-refractivity contribution in [1.29, 1.82) is 0 Å². The van der Waals surface area contributed by atoms with Gasteiger partial charge in [0.25, 0.3) is 9.05 Å². The van der Waals surface area contributed by atoms with Crippen LogP contribution in [0.25, 0.3) is 11.1 Å². The van der Waals surface area contributed by atoms with Crippen molar-refractivity contribution in [2.24, 2.45) is 0 Å². The molecule has 0 N–H and O–H groups in total. The summed E-state index contributed by atoms with van der Waals surface area (Å²) in [5.74, 6) is 0. The minimum atomic E-state index is -3.65. The van der Waals surface area contributed by atoms with E-state index in [9.17, 15) is 8.42 Å². The molecule has 0 aliphatic carbocycles. The summed E-state index contributed by atoms with van der Waals surface area (Å²) in [6.07, 6.45) is 0.936. The van der Waals surface area contributed by atoms with Gasteiger partial charge in [0, 0.05) is 10.7 Å². The predicted molar refractivity (Wildman–Crippen MR) is 74.3 cm³/mol. The number of aryl methyl sites for hydroxylation is 1. The van der Waals surface area contributed by atoms with Crippen molar-refractivity contribution in [3.8, 4) is 11.1 Å². The van der Waals surface area contributed by atoms with Crippen molar-refractivity contribution < 1.29 is 8.42 Å². The third kappa shape index (κ3) is 2.74. The number of halogens is 1. The van der Waals surface area contributed by atoms with Crippen LogP contribution in [0, 0.1) is 0 Å².